The predicted octanol–water partition coefficient (Wildman–Crippen LogP) is 1.83. The van der Waals surface area contributed by atoms with Gasteiger partial charge in [0.05, 0.1) is 4.90 Å². The lowest BCUT2D eigenvalue weighted by molar-refractivity contribution is 0.289. The van der Waals surface area contributed by atoms with E-state index in [2.05, 4.69) is 9.88 Å². The van der Waals surface area contributed by atoms with Crippen molar-refractivity contribution in [2.75, 3.05) is 26.2 Å². The second-order valence-electron chi connectivity index (χ2n) is 6.70. The summed E-state index contributed by atoms with van der Waals surface area (Å²) in [6.07, 6.45) is 3.64. The van der Waals surface area contributed by atoms with E-state index in [1.807, 2.05) is 30.6 Å². The highest BCUT2D eigenvalue weighted by atomic mass is 32.2. The van der Waals surface area contributed by atoms with E-state index in [9.17, 15) is 8.42 Å². The zero-order valence-electron chi connectivity index (χ0n) is 13.5. The average molecular weight is 343 g/mol. The van der Waals surface area contributed by atoms with Gasteiger partial charge in [-0.2, -0.15) is 4.31 Å². The molecule has 2 aliphatic rings. The van der Waals surface area contributed by atoms with Crippen LogP contribution >= 0.6 is 0 Å². The molecule has 1 aromatic carbocycles. The third-order valence-corrected chi connectivity index (χ3v) is 6.91. The molecule has 24 heavy (non-hydrogen) atoms. The van der Waals surface area contributed by atoms with Crippen molar-refractivity contribution in [3.63, 3.8) is 0 Å². The van der Waals surface area contributed by atoms with Crippen molar-refractivity contribution in [2.45, 2.75) is 11.4 Å². The summed E-state index contributed by atoms with van der Waals surface area (Å²) >= 11 is 0. The maximum atomic E-state index is 12.7. The zero-order valence-corrected chi connectivity index (χ0v) is 14.3. The summed E-state index contributed by atoms with van der Waals surface area (Å²) in [5.41, 5.74) is 1.26. The molecule has 6 heteroatoms. The molecule has 2 aliphatic heterocycles. The van der Waals surface area contributed by atoms with Crippen LogP contribution in [0.2, 0.25) is 0 Å². The maximum absolute atomic E-state index is 12.7. The van der Waals surface area contributed by atoms with Gasteiger partial charge in [0.1, 0.15) is 0 Å². The third-order valence-electron chi connectivity index (χ3n) is 5.06. The second-order valence-corrected chi connectivity index (χ2v) is 8.64. The van der Waals surface area contributed by atoms with Gasteiger partial charge in [0.2, 0.25) is 10.0 Å². The Hall–Kier alpha value is -1.76. The zero-order chi connectivity index (χ0) is 16.6. The van der Waals surface area contributed by atoms with Gasteiger partial charge >= 0.3 is 0 Å². The molecule has 1 aromatic heterocycles. The summed E-state index contributed by atoms with van der Waals surface area (Å²) in [6.45, 7) is 4.12. The minimum atomic E-state index is -3.35. The highest BCUT2D eigenvalue weighted by Gasteiger charge is 2.44. The maximum Gasteiger partial charge on any atom is 0.243 e. The number of pyridine rings is 1. The largest absolute Gasteiger partial charge is 0.298 e. The van der Waals surface area contributed by atoms with E-state index >= 15 is 0 Å². The quantitative estimate of drug-likeness (QED) is 0.850. The van der Waals surface area contributed by atoms with Crippen molar-refractivity contribution in [1.82, 2.24) is 14.2 Å². The first-order valence-corrected chi connectivity index (χ1v) is 9.73. The Kier molecular flexibility index (Phi) is 4.12. The van der Waals surface area contributed by atoms with Gasteiger partial charge in [-0.1, -0.05) is 18.2 Å². The molecular weight excluding hydrogens is 322 g/mol. The first-order valence-electron chi connectivity index (χ1n) is 8.29. The Bertz CT molecular complexity index is 782. The van der Waals surface area contributed by atoms with Gasteiger partial charge in [-0.05, 0) is 41.7 Å². The molecule has 0 bridgehead atoms. The van der Waals surface area contributed by atoms with Crippen LogP contribution in [0.15, 0.2) is 59.8 Å². The van der Waals surface area contributed by atoms with Crippen LogP contribution in [-0.4, -0.2) is 48.8 Å². The van der Waals surface area contributed by atoms with Crippen LogP contribution in [0.3, 0.4) is 0 Å². The number of aromatic nitrogens is 1. The van der Waals surface area contributed by atoms with E-state index in [4.69, 9.17) is 0 Å². The lowest BCUT2D eigenvalue weighted by Crippen LogP contribution is -2.33. The lowest BCUT2D eigenvalue weighted by Gasteiger charge is -2.21. The van der Waals surface area contributed by atoms with Gasteiger partial charge < -0.3 is 0 Å². The number of hydrogen-bond acceptors (Lipinski definition) is 4. The van der Waals surface area contributed by atoms with Crippen LogP contribution in [0.25, 0.3) is 0 Å². The average Bonchev–Trinajstić information content (AvgIpc) is 3.15. The predicted molar refractivity (Wildman–Crippen MR) is 91.7 cm³/mol. The Morgan fingerprint density at radius 3 is 2.17 bits per heavy atom. The third kappa shape index (κ3) is 2.97. The molecule has 0 aliphatic carbocycles. The Morgan fingerprint density at radius 1 is 0.917 bits per heavy atom. The molecule has 2 atom stereocenters. The number of rotatable bonds is 4. The van der Waals surface area contributed by atoms with Crippen LogP contribution in [0, 0.1) is 11.8 Å². The number of nitrogens with zero attached hydrogens (tertiary/aromatic N) is 3. The number of fused-ring (bicyclic) bond motifs is 1. The fraction of sp³-hybridized carbons (Fsp3) is 0.389. The van der Waals surface area contributed by atoms with Gasteiger partial charge in [0, 0.05) is 45.1 Å². The fourth-order valence-corrected chi connectivity index (χ4v) is 5.44. The molecule has 0 saturated carbocycles. The van der Waals surface area contributed by atoms with E-state index in [1.165, 1.54) is 5.56 Å². The number of sulfonamides is 1. The minimum Gasteiger partial charge on any atom is -0.298 e. The normalized spacial score (nSPS) is 25.0. The van der Waals surface area contributed by atoms with Crippen molar-refractivity contribution in [2.24, 2.45) is 11.8 Å². The van der Waals surface area contributed by atoms with E-state index in [-0.39, 0.29) is 0 Å². The SMILES string of the molecule is O=S(=O)(c1ccccc1)N1C[C@H]2CN(Cc3ccncc3)C[C@@H]2C1. The molecule has 0 unspecified atom stereocenters. The minimum absolute atomic E-state index is 0.401. The molecule has 5 nitrogen and oxygen atoms in total. The summed E-state index contributed by atoms with van der Waals surface area (Å²) in [7, 11) is -3.35. The molecule has 2 saturated heterocycles. The molecular formula is C18H21N3O2S. The van der Waals surface area contributed by atoms with Gasteiger partial charge in [-0.25, -0.2) is 8.42 Å². The second kappa shape index (κ2) is 6.27. The molecule has 3 heterocycles. The molecule has 0 spiro atoms. The molecule has 0 N–H and O–H groups in total. The Labute approximate surface area is 143 Å². The Balaban J connectivity index is 1.41. The van der Waals surface area contributed by atoms with E-state index in [0.29, 0.717) is 29.8 Å². The van der Waals surface area contributed by atoms with E-state index in [0.717, 1.165) is 19.6 Å². The van der Waals surface area contributed by atoms with Crippen molar-refractivity contribution in [1.29, 1.82) is 0 Å². The first kappa shape index (κ1) is 15.7. The van der Waals surface area contributed by atoms with Crippen LogP contribution in [-0.2, 0) is 16.6 Å². The van der Waals surface area contributed by atoms with Crippen molar-refractivity contribution in [3.05, 3.63) is 60.4 Å². The summed E-state index contributed by atoms with van der Waals surface area (Å²) < 4.78 is 27.2. The van der Waals surface area contributed by atoms with Gasteiger partial charge in [0.25, 0.3) is 0 Å². The highest BCUT2D eigenvalue weighted by Crippen LogP contribution is 2.34. The molecule has 2 aromatic rings. The topological polar surface area (TPSA) is 53.5 Å². The molecule has 2 fully saturated rings. The van der Waals surface area contributed by atoms with Crippen molar-refractivity contribution >= 4 is 10.0 Å². The monoisotopic (exact) mass is 343 g/mol. The summed E-state index contributed by atoms with van der Waals surface area (Å²) in [5.74, 6) is 0.871. The van der Waals surface area contributed by atoms with Crippen LogP contribution in [0.1, 0.15) is 5.56 Å². The van der Waals surface area contributed by atoms with Crippen molar-refractivity contribution in [3.8, 4) is 0 Å². The highest BCUT2D eigenvalue weighted by molar-refractivity contribution is 7.89. The summed E-state index contributed by atoms with van der Waals surface area (Å²) in [5, 5.41) is 0. The van der Waals surface area contributed by atoms with Crippen LogP contribution in [0.4, 0.5) is 0 Å². The Morgan fingerprint density at radius 2 is 1.54 bits per heavy atom. The molecule has 126 valence electrons. The molecule has 0 radical (unpaired) electrons. The van der Waals surface area contributed by atoms with Crippen LogP contribution < -0.4 is 0 Å². The van der Waals surface area contributed by atoms with E-state index < -0.39 is 10.0 Å². The standard InChI is InChI=1S/C18H21N3O2S/c22-24(23,18-4-2-1-3-5-18)21-13-16-11-20(12-17(16)14-21)10-15-6-8-19-9-7-15/h1-9,16-17H,10-14H2/t16-,17-/m1/s1. The van der Waals surface area contributed by atoms with Gasteiger partial charge in [-0.15, -0.1) is 0 Å². The number of likely N-dealkylation sites (tertiary alicyclic amines) is 1. The number of hydrogen-bond donors (Lipinski definition) is 0. The summed E-state index contributed by atoms with van der Waals surface area (Å²) in [4.78, 5) is 6.88. The van der Waals surface area contributed by atoms with Crippen molar-refractivity contribution < 1.29 is 8.42 Å². The van der Waals surface area contributed by atoms with Gasteiger partial charge in [-0.3, -0.25) is 9.88 Å². The van der Waals surface area contributed by atoms with E-state index in [1.54, 1.807) is 28.6 Å². The van der Waals surface area contributed by atoms with Crippen LogP contribution in [0.5, 0.6) is 0 Å². The van der Waals surface area contributed by atoms with Gasteiger partial charge in [0.15, 0.2) is 0 Å². The molecule has 4 rings (SSSR count). The number of benzene rings is 1. The lowest BCUT2D eigenvalue weighted by atomic mass is 10.0. The molecule has 0 amide bonds. The smallest absolute Gasteiger partial charge is 0.243 e. The summed E-state index contributed by atoms with van der Waals surface area (Å²) in [6, 6.07) is 12.8. The fourth-order valence-electron chi connectivity index (χ4n) is 3.86. The first-order chi connectivity index (χ1) is 11.6.